The molecule has 3 aromatic heterocycles. The Bertz CT molecular complexity index is 1590. The number of fused-ring (bicyclic) bond motifs is 9. The largest absolute Gasteiger partial charge is 0.453 e. The van der Waals surface area contributed by atoms with Crippen LogP contribution in [-0.2, 0) is 12.8 Å². The van der Waals surface area contributed by atoms with Crippen LogP contribution in [0.15, 0.2) is 83.4 Å². The smallest absolute Gasteiger partial charge is 0.161 e. The monoisotopic (exact) mass is 387 g/mol. The number of para-hydroxylation sites is 2. The molecule has 0 unspecified atom stereocenters. The highest BCUT2D eigenvalue weighted by atomic mass is 16.3. The van der Waals surface area contributed by atoms with Crippen LogP contribution in [0, 0.1) is 0 Å². The number of aromatic nitrogens is 3. The number of aryl methyl sites for hydroxylation is 2. The molecule has 0 aliphatic carbocycles. The van der Waals surface area contributed by atoms with E-state index in [1.807, 2.05) is 24.4 Å². The first-order chi connectivity index (χ1) is 14.9. The van der Waals surface area contributed by atoms with E-state index in [-0.39, 0.29) is 0 Å². The van der Waals surface area contributed by atoms with Gasteiger partial charge in [0, 0.05) is 29.0 Å². The summed E-state index contributed by atoms with van der Waals surface area (Å²) in [6.45, 7) is 0. The summed E-state index contributed by atoms with van der Waals surface area (Å²) in [5, 5.41) is 2.22. The van der Waals surface area contributed by atoms with Crippen LogP contribution in [-0.4, -0.2) is 14.5 Å². The third-order valence-corrected chi connectivity index (χ3v) is 6.14. The maximum atomic E-state index is 6.59. The van der Waals surface area contributed by atoms with E-state index in [4.69, 9.17) is 9.40 Å². The van der Waals surface area contributed by atoms with Crippen molar-refractivity contribution in [2.75, 3.05) is 0 Å². The Kier molecular flexibility index (Phi) is 3.08. The van der Waals surface area contributed by atoms with Crippen molar-refractivity contribution >= 4 is 33.0 Å². The fraction of sp³-hybridized carbons (Fsp3) is 0.0769. The predicted molar refractivity (Wildman–Crippen MR) is 119 cm³/mol. The lowest BCUT2D eigenvalue weighted by molar-refractivity contribution is 0.670. The van der Waals surface area contributed by atoms with Crippen LogP contribution in [0.25, 0.3) is 49.9 Å². The van der Waals surface area contributed by atoms with Gasteiger partial charge in [0.25, 0.3) is 0 Å². The molecule has 0 saturated carbocycles. The third kappa shape index (κ3) is 2.05. The summed E-state index contributed by atoms with van der Waals surface area (Å²) in [7, 11) is 0. The maximum Gasteiger partial charge on any atom is 0.161 e. The zero-order valence-electron chi connectivity index (χ0n) is 16.2. The number of hydrogen-bond donors (Lipinski definition) is 0. The minimum atomic E-state index is 0.873. The summed E-state index contributed by atoms with van der Waals surface area (Å²) < 4.78 is 8.88. The van der Waals surface area contributed by atoms with Gasteiger partial charge in [0.15, 0.2) is 5.58 Å². The molecular formula is C26H17N3O. The Labute approximate surface area is 172 Å². The van der Waals surface area contributed by atoms with Crippen molar-refractivity contribution in [1.82, 2.24) is 14.5 Å². The number of imidazole rings is 1. The molecule has 0 radical (unpaired) electrons. The second kappa shape index (κ2) is 5.80. The van der Waals surface area contributed by atoms with E-state index < -0.39 is 0 Å². The van der Waals surface area contributed by atoms with Crippen molar-refractivity contribution in [3.8, 4) is 16.9 Å². The molecule has 0 amide bonds. The average Bonchev–Trinajstić information content (AvgIpc) is 3.37. The number of rotatable bonds is 1. The van der Waals surface area contributed by atoms with Crippen LogP contribution in [0.3, 0.4) is 0 Å². The standard InChI is InChI=1S/C26H17N3O/c1-2-10-22-16(6-1)11-14-23-28-21-13-12-18-17-7-5-8-19(20-9-3-4-15-27-20)25(17)30-26(18)24(21)29(22)23/h1-10,12-13,15H,11,14H2. The van der Waals surface area contributed by atoms with Crippen LogP contribution in [0.2, 0.25) is 0 Å². The summed E-state index contributed by atoms with van der Waals surface area (Å²) in [6, 6.07) is 25.1. The van der Waals surface area contributed by atoms with E-state index in [0.29, 0.717) is 0 Å². The highest BCUT2D eigenvalue weighted by Gasteiger charge is 2.23. The normalized spacial score (nSPS) is 13.1. The van der Waals surface area contributed by atoms with Gasteiger partial charge in [-0.05, 0) is 48.4 Å². The highest BCUT2D eigenvalue weighted by molar-refractivity contribution is 6.16. The van der Waals surface area contributed by atoms with Gasteiger partial charge in [0.1, 0.15) is 16.9 Å². The molecule has 1 aliphatic rings. The van der Waals surface area contributed by atoms with Gasteiger partial charge in [-0.25, -0.2) is 4.98 Å². The number of nitrogens with zero attached hydrogens (tertiary/aromatic N) is 3. The average molecular weight is 387 g/mol. The molecule has 0 saturated heterocycles. The molecule has 3 aromatic carbocycles. The first kappa shape index (κ1) is 15.9. The van der Waals surface area contributed by atoms with Gasteiger partial charge in [-0.2, -0.15) is 0 Å². The Morgan fingerprint density at radius 1 is 0.767 bits per heavy atom. The lowest BCUT2D eigenvalue weighted by Crippen LogP contribution is -2.11. The summed E-state index contributed by atoms with van der Waals surface area (Å²) in [5.41, 5.74) is 8.28. The summed E-state index contributed by atoms with van der Waals surface area (Å²) in [5.74, 6) is 1.10. The quantitative estimate of drug-likeness (QED) is 0.343. The molecular weight excluding hydrogens is 370 g/mol. The zero-order valence-corrected chi connectivity index (χ0v) is 16.2. The fourth-order valence-corrected chi connectivity index (χ4v) is 4.80. The molecule has 0 N–H and O–H groups in total. The Balaban J connectivity index is 1.62. The summed E-state index contributed by atoms with van der Waals surface area (Å²) in [6.07, 6.45) is 3.78. The number of furan rings is 1. The van der Waals surface area contributed by atoms with Gasteiger partial charge in [0.05, 0.1) is 16.9 Å². The minimum absolute atomic E-state index is 0.873. The van der Waals surface area contributed by atoms with Crippen LogP contribution in [0.1, 0.15) is 11.4 Å². The molecule has 7 rings (SSSR count). The van der Waals surface area contributed by atoms with Crippen LogP contribution >= 0.6 is 0 Å². The van der Waals surface area contributed by atoms with Crippen molar-refractivity contribution in [3.63, 3.8) is 0 Å². The molecule has 0 fully saturated rings. The van der Waals surface area contributed by atoms with Gasteiger partial charge in [-0.15, -0.1) is 0 Å². The second-order valence-corrected chi connectivity index (χ2v) is 7.80. The topological polar surface area (TPSA) is 43.9 Å². The maximum absolute atomic E-state index is 6.59. The molecule has 0 spiro atoms. The lowest BCUT2D eigenvalue weighted by Gasteiger charge is -2.18. The van der Waals surface area contributed by atoms with Gasteiger partial charge in [0.2, 0.25) is 0 Å². The van der Waals surface area contributed by atoms with Crippen molar-refractivity contribution in [1.29, 1.82) is 0 Å². The molecule has 4 nitrogen and oxygen atoms in total. The first-order valence-corrected chi connectivity index (χ1v) is 10.2. The highest BCUT2D eigenvalue weighted by Crippen LogP contribution is 2.40. The molecule has 142 valence electrons. The Hall–Kier alpha value is -3.92. The van der Waals surface area contributed by atoms with Gasteiger partial charge >= 0.3 is 0 Å². The minimum Gasteiger partial charge on any atom is -0.453 e. The SMILES string of the molecule is c1ccc(-c2cccc3c2oc2c3ccc3nc4n(c32)-c2ccccc2CC4)nc1. The molecule has 4 heterocycles. The molecule has 1 aliphatic heterocycles. The van der Waals surface area contributed by atoms with Crippen molar-refractivity contribution in [2.24, 2.45) is 0 Å². The second-order valence-electron chi connectivity index (χ2n) is 7.80. The van der Waals surface area contributed by atoms with Gasteiger partial charge < -0.3 is 4.42 Å². The zero-order chi connectivity index (χ0) is 19.7. The van der Waals surface area contributed by atoms with Crippen molar-refractivity contribution < 1.29 is 4.42 Å². The van der Waals surface area contributed by atoms with Crippen LogP contribution in [0.5, 0.6) is 0 Å². The fourth-order valence-electron chi connectivity index (χ4n) is 4.80. The van der Waals surface area contributed by atoms with Gasteiger partial charge in [-0.3, -0.25) is 9.55 Å². The van der Waals surface area contributed by atoms with Crippen LogP contribution in [0.4, 0.5) is 0 Å². The molecule has 30 heavy (non-hydrogen) atoms. The Morgan fingerprint density at radius 3 is 2.60 bits per heavy atom. The van der Waals surface area contributed by atoms with E-state index in [2.05, 4.69) is 64.1 Å². The molecule has 4 heteroatoms. The van der Waals surface area contributed by atoms with Crippen molar-refractivity contribution in [3.05, 3.63) is 90.4 Å². The predicted octanol–water partition coefficient (Wildman–Crippen LogP) is 6.09. The van der Waals surface area contributed by atoms with E-state index >= 15 is 0 Å². The lowest BCUT2D eigenvalue weighted by atomic mass is 10.0. The van der Waals surface area contributed by atoms with Crippen LogP contribution < -0.4 is 0 Å². The molecule has 0 atom stereocenters. The number of pyridine rings is 1. The third-order valence-electron chi connectivity index (χ3n) is 6.14. The Morgan fingerprint density at radius 2 is 1.67 bits per heavy atom. The van der Waals surface area contributed by atoms with Crippen molar-refractivity contribution in [2.45, 2.75) is 12.8 Å². The van der Waals surface area contributed by atoms with Gasteiger partial charge in [-0.1, -0.05) is 36.4 Å². The summed E-state index contributed by atoms with van der Waals surface area (Å²) in [4.78, 5) is 9.49. The van der Waals surface area contributed by atoms with E-state index in [9.17, 15) is 0 Å². The van der Waals surface area contributed by atoms with E-state index in [1.54, 1.807) is 0 Å². The first-order valence-electron chi connectivity index (χ1n) is 10.2. The molecule has 6 aromatic rings. The van der Waals surface area contributed by atoms with E-state index in [1.165, 1.54) is 11.3 Å². The summed E-state index contributed by atoms with van der Waals surface area (Å²) >= 11 is 0. The number of hydrogen-bond acceptors (Lipinski definition) is 3. The van der Waals surface area contributed by atoms with E-state index in [0.717, 1.165) is 62.9 Å². The number of benzene rings is 3. The molecule has 0 bridgehead atoms.